The van der Waals surface area contributed by atoms with E-state index >= 15 is 0 Å². The van der Waals surface area contributed by atoms with Crippen LogP contribution in [0.15, 0.2) is 30.3 Å². The molecule has 1 unspecified atom stereocenters. The zero-order valence-electron chi connectivity index (χ0n) is 17.1. The molecule has 0 aliphatic carbocycles. The second-order valence-electron chi connectivity index (χ2n) is 8.09. The number of benzene rings is 1. The second-order valence-corrected chi connectivity index (χ2v) is 8.09. The largest absolute Gasteiger partial charge is 0.340 e. The summed E-state index contributed by atoms with van der Waals surface area (Å²) in [5, 5.41) is 12.3. The van der Waals surface area contributed by atoms with Crippen molar-refractivity contribution in [3.05, 3.63) is 36.2 Å². The van der Waals surface area contributed by atoms with Gasteiger partial charge in [-0.2, -0.15) is 4.68 Å². The van der Waals surface area contributed by atoms with E-state index in [1.807, 2.05) is 35.0 Å². The van der Waals surface area contributed by atoms with Gasteiger partial charge >= 0.3 is 0 Å². The van der Waals surface area contributed by atoms with Gasteiger partial charge in [0.15, 0.2) is 5.82 Å². The van der Waals surface area contributed by atoms with Gasteiger partial charge in [-0.15, -0.1) is 17.5 Å². The first-order valence-corrected chi connectivity index (χ1v) is 10.5. The van der Waals surface area contributed by atoms with Crippen molar-refractivity contribution in [3.8, 4) is 5.69 Å². The number of hydrogen-bond acceptors (Lipinski definition) is 5. The molecule has 1 amide bonds. The smallest absolute Gasteiger partial charge is 0.219 e. The number of piperidine rings is 1. The highest BCUT2D eigenvalue weighted by molar-refractivity contribution is 5.85. The van der Waals surface area contributed by atoms with E-state index in [1.165, 1.54) is 12.8 Å². The van der Waals surface area contributed by atoms with E-state index in [2.05, 4.69) is 25.3 Å². The molecule has 0 bridgehead atoms. The van der Waals surface area contributed by atoms with Crippen molar-refractivity contribution < 1.29 is 4.79 Å². The van der Waals surface area contributed by atoms with E-state index in [0.717, 1.165) is 63.4 Å². The maximum Gasteiger partial charge on any atom is 0.219 e. The molecule has 0 spiro atoms. The number of hydrogen-bond donors (Lipinski definition) is 0. The molecule has 3 heterocycles. The molecule has 7 nitrogen and oxygen atoms in total. The first-order valence-electron chi connectivity index (χ1n) is 10.5. The number of aromatic nitrogens is 4. The average Bonchev–Trinajstić information content (AvgIpc) is 3.03. The molecule has 2 aliphatic heterocycles. The Morgan fingerprint density at radius 1 is 1.03 bits per heavy atom. The maximum atomic E-state index is 12.1. The highest BCUT2D eigenvalue weighted by atomic mass is 35.5. The summed E-state index contributed by atoms with van der Waals surface area (Å²) in [6, 6.07) is 10.5. The lowest BCUT2D eigenvalue weighted by Crippen LogP contribution is -2.47. The lowest BCUT2D eigenvalue weighted by Gasteiger charge is -2.40. The molecule has 2 aromatic rings. The van der Waals surface area contributed by atoms with Crippen LogP contribution in [-0.4, -0.2) is 61.6 Å². The fraction of sp³-hybridized carbons (Fsp3) is 0.619. The molecule has 1 aromatic carbocycles. The van der Waals surface area contributed by atoms with E-state index < -0.39 is 0 Å². The fourth-order valence-corrected chi connectivity index (χ4v) is 4.79. The zero-order chi connectivity index (χ0) is 19.3. The van der Waals surface area contributed by atoms with Gasteiger partial charge in [0.25, 0.3) is 0 Å². The number of carbonyl (C=O) groups excluding carboxylic acids is 1. The van der Waals surface area contributed by atoms with Crippen LogP contribution in [0.2, 0.25) is 0 Å². The Labute approximate surface area is 178 Å². The van der Waals surface area contributed by atoms with E-state index in [-0.39, 0.29) is 18.3 Å². The molecule has 8 heteroatoms. The first-order chi connectivity index (χ1) is 13.7. The standard InChI is InChI=1S/C21H30N6O.ClH/c1-17(28)26-13-7-3-6-10-20(26)18-11-14-25(15-12-18)16-21-22-23-24-27(21)19-8-4-2-5-9-19;/h2,4-5,8-9,18,20H,3,6-7,10-16H2,1H3;1H. The highest BCUT2D eigenvalue weighted by Crippen LogP contribution is 2.30. The number of likely N-dealkylation sites (tertiary alicyclic amines) is 2. The molecule has 2 saturated heterocycles. The van der Waals surface area contributed by atoms with E-state index in [9.17, 15) is 4.79 Å². The van der Waals surface area contributed by atoms with Gasteiger partial charge in [-0.05, 0) is 67.3 Å². The monoisotopic (exact) mass is 418 g/mol. The summed E-state index contributed by atoms with van der Waals surface area (Å²) in [5.41, 5.74) is 0.993. The normalized spacial score (nSPS) is 21.4. The average molecular weight is 419 g/mol. The summed E-state index contributed by atoms with van der Waals surface area (Å²) in [6.45, 7) is 5.50. The maximum absolute atomic E-state index is 12.1. The van der Waals surface area contributed by atoms with Crippen molar-refractivity contribution in [2.75, 3.05) is 19.6 Å². The third kappa shape index (κ3) is 5.14. The Balaban J connectivity index is 0.00000240. The molecule has 1 atom stereocenters. The van der Waals surface area contributed by atoms with Crippen LogP contribution in [0.25, 0.3) is 5.69 Å². The van der Waals surface area contributed by atoms with Gasteiger partial charge in [-0.3, -0.25) is 9.69 Å². The van der Waals surface area contributed by atoms with Gasteiger partial charge in [-0.1, -0.05) is 31.0 Å². The molecular weight excluding hydrogens is 388 g/mol. The van der Waals surface area contributed by atoms with Crippen LogP contribution in [0.5, 0.6) is 0 Å². The Bertz CT molecular complexity index is 774. The van der Waals surface area contributed by atoms with Crippen molar-refractivity contribution >= 4 is 18.3 Å². The number of carbonyl (C=O) groups is 1. The number of para-hydroxylation sites is 1. The molecule has 29 heavy (non-hydrogen) atoms. The van der Waals surface area contributed by atoms with Gasteiger partial charge in [0.2, 0.25) is 5.91 Å². The van der Waals surface area contributed by atoms with Crippen LogP contribution in [0.4, 0.5) is 0 Å². The Kier molecular flexibility index (Phi) is 7.61. The third-order valence-electron chi connectivity index (χ3n) is 6.28. The number of nitrogens with zero attached hydrogens (tertiary/aromatic N) is 6. The van der Waals surface area contributed by atoms with E-state index in [4.69, 9.17) is 0 Å². The predicted octanol–water partition coefficient (Wildman–Crippen LogP) is 3.09. The number of halogens is 1. The van der Waals surface area contributed by atoms with Crippen LogP contribution < -0.4 is 0 Å². The van der Waals surface area contributed by atoms with Crippen molar-refractivity contribution in [1.82, 2.24) is 30.0 Å². The van der Waals surface area contributed by atoms with E-state index in [0.29, 0.717) is 12.0 Å². The van der Waals surface area contributed by atoms with Crippen LogP contribution in [0, 0.1) is 5.92 Å². The van der Waals surface area contributed by atoms with Crippen LogP contribution >= 0.6 is 12.4 Å². The van der Waals surface area contributed by atoms with Crippen molar-refractivity contribution in [2.45, 2.75) is 58.0 Å². The molecule has 4 rings (SSSR count). The fourth-order valence-electron chi connectivity index (χ4n) is 4.79. The molecule has 0 N–H and O–H groups in total. The number of tetrazole rings is 1. The third-order valence-corrected chi connectivity index (χ3v) is 6.28. The molecule has 158 valence electrons. The number of rotatable bonds is 4. The van der Waals surface area contributed by atoms with Crippen molar-refractivity contribution in [2.24, 2.45) is 5.92 Å². The molecule has 0 radical (unpaired) electrons. The van der Waals surface area contributed by atoms with Crippen LogP contribution in [0.1, 0.15) is 51.3 Å². The Morgan fingerprint density at radius 2 is 1.79 bits per heavy atom. The summed E-state index contributed by atoms with van der Waals surface area (Å²) >= 11 is 0. The molecular formula is C21H31ClN6O. The molecule has 1 aromatic heterocycles. The topological polar surface area (TPSA) is 67.2 Å². The number of amides is 1. The summed E-state index contributed by atoms with van der Waals surface area (Å²) in [4.78, 5) is 16.7. The van der Waals surface area contributed by atoms with Crippen molar-refractivity contribution in [1.29, 1.82) is 0 Å². The van der Waals surface area contributed by atoms with Gasteiger partial charge in [0.1, 0.15) is 0 Å². The van der Waals surface area contributed by atoms with E-state index in [1.54, 1.807) is 6.92 Å². The van der Waals surface area contributed by atoms with Gasteiger partial charge in [0.05, 0.1) is 12.2 Å². The predicted molar refractivity (Wildman–Crippen MR) is 114 cm³/mol. The van der Waals surface area contributed by atoms with Gasteiger partial charge in [0, 0.05) is 19.5 Å². The summed E-state index contributed by atoms with van der Waals surface area (Å²) in [6.07, 6.45) is 7.10. The lowest BCUT2D eigenvalue weighted by molar-refractivity contribution is -0.132. The summed E-state index contributed by atoms with van der Waals surface area (Å²) in [5.74, 6) is 1.74. The quantitative estimate of drug-likeness (QED) is 0.763. The first kappa shape index (κ1) is 21.7. The highest BCUT2D eigenvalue weighted by Gasteiger charge is 2.33. The molecule has 2 aliphatic rings. The van der Waals surface area contributed by atoms with Crippen LogP contribution in [0.3, 0.4) is 0 Å². The minimum Gasteiger partial charge on any atom is -0.340 e. The van der Waals surface area contributed by atoms with Crippen molar-refractivity contribution in [3.63, 3.8) is 0 Å². The minimum atomic E-state index is 0. The zero-order valence-corrected chi connectivity index (χ0v) is 17.9. The molecule has 0 saturated carbocycles. The summed E-state index contributed by atoms with van der Waals surface area (Å²) in [7, 11) is 0. The molecule has 2 fully saturated rings. The Hall–Kier alpha value is -1.99. The Morgan fingerprint density at radius 3 is 2.52 bits per heavy atom. The lowest BCUT2D eigenvalue weighted by atomic mass is 9.86. The second kappa shape index (κ2) is 10.2. The van der Waals surface area contributed by atoms with Crippen LogP contribution in [-0.2, 0) is 11.3 Å². The van der Waals surface area contributed by atoms with Gasteiger partial charge in [-0.25, -0.2) is 0 Å². The SMILES string of the molecule is CC(=O)N1CCCCCC1C1CCN(Cc2nnnn2-c2ccccc2)CC1.Cl. The minimum absolute atomic E-state index is 0. The summed E-state index contributed by atoms with van der Waals surface area (Å²) < 4.78 is 1.83. The van der Waals surface area contributed by atoms with Gasteiger partial charge < -0.3 is 4.90 Å².